The molecular formula is C20H23F10N3O6. The van der Waals surface area contributed by atoms with Gasteiger partial charge in [0.05, 0.1) is 0 Å². The van der Waals surface area contributed by atoms with Crippen LogP contribution in [0.25, 0.3) is 0 Å². The number of hydrogen-bond donors (Lipinski definition) is 4. The fourth-order valence-electron chi connectivity index (χ4n) is 3.25. The Morgan fingerprint density at radius 1 is 0.897 bits per heavy atom. The Balaban J connectivity index is 0.000000576. The van der Waals surface area contributed by atoms with Crippen molar-refractivity contribution in [3.63, 3.8) is 0 Å². The molecule has 2 saturated heterocycles. The lowest BCUT2D eigenvalue weighted by atomic mass is 9.78. The molecule has 0 bridgehead atoms. The number of piperidine rings is 1. The van der Waals surface area contributed by atoms with Crippen molar-refractivity contribution in [1.29, 1.82) is 0 Å². The van der Waals surface area contributed by atoms with Gasteiger partial charge in [-0.15, -0.1) is 0 Å². The second-order valence-electron chi connectivity index (χ2n) is 8.02. The summed E-state index contributed by atoms with van der Waals surface area (Å²) in [7, 11) is 0. The summed E-state index contributed by atoms with van der Waals surface area (Å²) in [5, 5.41) is 24.7. The summed E-state index contributed by atoms with van der Waals surface area (Å²) >= 11 is 0. The van der Waals surface area contributed by atoms with Gasteiger partial charge in [-0.05, 0) is 43.6 Å². The third kappa shape index (κ3) is 13.9. The molecule has 4 N–H and O–H groups in total. The third-order valence-corrected chi connectivity index (χ3v) is 5.06. The summed E-state index contributed by atoms with van der Waals surface area (Å²) in [4.78, 5) is 33.1. The number of nitrogens with one attached hydrogen (secondary N) is 1. The number of pyridine rings is 1. The third-order valence-electron chi connectivity index (χ3n) is 5.06. The highest BCUT2D eigenvalue weighted by atomic mass is 19.4. The lowest BCUT2D eigenvalue weighted by molar-refractivity contribution is -0.193. The summed E-state index contributed by atoms with van der Waals surface area (Å²) in [5.74, 6) is -8.27. The highest BCUT2D eigenvalue weighted by Gasteiger charge is 2.46. The molecule has 2 atom stereocenters. The van der Waals surface area contributed by atoms with E-state index in [1.807, 2.05) is 24.5 Å². The molecule has 2 fully saturated rings. The van der Waals surface area contributed by atoms with E-state index in [0.29, 0.717) is 6.42 Å². The maximum atomic E-state index is 14.2. The van der Waals surface area contributed by atoms with Crippen LogP contribution in [0.3, 0.4) is 0 Å². The second kappa shape index (κ2) is 14.8. The van der Waals surface area contributed by atoms with Gasteiger partial charge in [0, 0.05) is 37.4 Å². The first kappa shape index (κ1) is 35.8. The molecule has 0 amide bonds. The van der Waals surface area contributed by atoms with E-state index in [1.54, 1.807) is 0 Å². The number of halogens is 10. The van der Waals surface area contributed by atoms with Gasteiger partial charge in [0.25, 0.3) is 0 Å². The SMILES string of the molecule is FC1CCNCC12CCN(Cc1ccncc1)C2.O=C(O)C(F)(F)F.O=C(O)C(F)(F)F.O=C(O)C(F)(F)F. The molecule has 0 aromatic carbocycles. The highest BCUT2D eigenvalue weighted by molar-refractivity contribution is 5.73. The molecule has 19 heteroatoms. The molecule has 0 radical (unpaired) electrons. The average Bonchev–Trinajstić information content (AvgIpc) is 3.19. The van der Waals surface area contributed by atoms with Gasteiger partial charge in [-0.3, -0.25) is 9.88 Å². The van der Waals surface area contributed by atoms with Crippen molar-refractivity contribution in [2.75, 3.05) is 26.2 Å². The van der Waals surface area contributed by atoms with Crippen molar-refractivity contribution < 1.29 is 73.6 Å². The lowest BCUT2D eigenvalue weighted by Gasteiger charge is -2.37. The summed E-state index contributed by atoms with van der Waals surface area (Å²) in [5.41, 5.74) is 1.13. The van der Waals surface area contributed by atoms with Gasteiger partial charge < -0.3 is 20.6 Å². The van der Waals surface area contributed by atoms with Crippen molar-refractivity contribution >= 4 is 17.9 Å². The first-order valence-corrected chi connectivity index (χ1v) is 10.5. The molecule has 0 aliphatic carbocycles. The van der Waals surface area contributed by atoms with Crippen LogP contribution in [0.2, 0.25) is 0 Å². The smallest absolute Gasteiger partial charge is 0.475 e. The fraction of sp³-hybridized carbons (Fsp3) is 0.600. The molecule has 2 unspecified atom stereocenters. The Labute approximate surface area is 213 Å². The van der Waals surface area contributed by atoms with E-state index in [0.717, 1.165) is 39.1 Å². The Hall–Kier alpha value is -3.22. The van der Waals surface area contributed by atoms with Crippen LogP contribution in [0, 0.1) is 5.41 Å². The predicted octanol–water partition coefficient (Wildman–Crippen LogP) is 3.51. The molecule has 224 valence electrons. The van der Waals surface area contributed by atoms with E-state index in [9.17, 15) is 43.9 Å². The van der Waals surface area contributed by atoms with Crippen LogP contribution in [0.1, 0.15) is 18.4 Å². The fourth-order valence-corrected chi connectivity index (χ4v) is 3.25. The van der Waals surface area contributed by atoms with E-state index in [4.69, 9.17) is 29.7 Å². The molecule has 2 aliphatic rings. The average molecular weight is 591 g/mol. The summed E-state index contributed by atoms with van der Waals surface area (Å²) in [6, 6.07) is 4.08. The number of carboxylic acid groups (broad SMARTS) is 3. The van der Waals surface area contributed by atoms with E-state index < -0.39 is 42.6 Å². The number of rotatable bonds is 2. The maximum absolute atomic E-state index is 14.2. The molecule has 1 aromatic heterocycles. The molecule has 9 nitrogen and oxygen atoms in total. The van der Waals surface area contributed by atoms with Gasteiger partial charge in [-0.25, -0.2) is 18.8 Å². The monoisotopic (exact) mass is 591 g/mol. The molecule has 1 aromatic rings. The minimum atomic E-state index is -5.08. The zero-order chi connectivity index (χ0) is 30.7. The number of alkyl halides is 10. The van der Waals surface area contributed by atoms with Crippen molar-refractivity contribution in [3.8, 4) is 0 Å². The quantitative estimate of drug-likeness (QED) is 0.381. The molecule has 2 aliphatic heterocycles. The molecular weight excluding hydrogens is 568 g/mol. The number of hydrogen-bond acceptors (Lipinski definition) is 6. The van der Waals surface area contributed by atoms with Gasteiger partial charge in [0.2, 0.25) is 0 Å². The second-order valence-corrected chi connectivity index (χ2v) is 8.02. The number of nitrogens with zero attached hydrogens (tertiary/aromatic N) is 2. The van der Waals surface area contributed by atoms with Crippen molar-refractivity contribution in [2.45, 2.75) is 44.1 Å². The molecule has 3 heterocycles. The maximum Gasteiger partial charge on any atom is 0.490 e. The first-order valence-electron chi connectivity index (χ1n) is 10.5. The van der Waals surface area contributed by atoms with Crippen LogP contribution in [-0.2, 0) is 20.9 Å². The summed E-state index contributed by atoms with van der Waals surface area (Å²) < 4.78 is 109. The number of carboxylic acids is 3. The van der Waals surface area contributed by atoms with Crippen LogP contribution < -0.4 is 5.32 Å². The number of likely N-dealkylation sites (tertiary alicyclic amines) is 1. The summed E-state index contributed by atoms with van der Waals surface area (Å²) in [6.07, 6.45) is -10.6. The van der Waals surface area contributed by atoms with Gasteiger partial charge in [0.1, 0.15) is 6.17 Å². The van der Waals surface area contributed by atoms with Gasteiger partial charge in [0.15, 0.2) is 0 Å². The Kier molecular flexibility index (Phi) is 13.6. The molecule has 39 heavy (non-hydrogen) atoms. The Bertz CT molecular complexity index is 870. The zero-order valence-corrected chi connectivity index (χ0v) is 19.6. The van der Waals surface area contributed by atoms with Crippen molar-refractivity contribution in [2.24, 2.45) is 5.41 Å². The Morgan fingerprint density at radius 2 is 1.31 bits per heavy atom. The minimum absolute atomic E-state index is 0.134. The van der Waals surface area contributed by atoms with Crippen LogP contribution in [0.15, 0.2) is 24.5 Å². The number of carbonyl (C=O) groups is 3. The van der Waals surface area contributed by atoms with E-state index in [2.05, 4.69) is 15.2 Å². The largest absolute Gasteiger partial charge is 0.490 e. The minimum Gasteiger partial charge on any atom is -0.475 e. The topological polar surface area (TPSA) is 140 Å². The zero-order valence-electron chi connectivity index (χ0n) is 19.6. The summed E-state index contributed by atoms with van der Waals surface area (Å²) in [6.45, 7) is 4.46. The Morgan fingerprint density at radius 3 is 1.67 bits per heavy atom. The number of aliphatic carboxylic acids is 3. The molecule has 3 rings (SSSR count). The van der Waals surface area contributed by atoms with Crippen LogP contribution >= 0.6 is 0 Å². The first-order chi connectivity index (χ1) is 17.6. The van der Waals surface area contributed by atoms with E-state index in [-0.39, 0.29) is 5.41 Å². The van der Waals surface area contributed by atoms with Crippen LogP contribution in [0.5, 0.6) is 0 Å². The standard InChI is InChI=1S/C14H20FN3.3C2HF3O2/c15-13-3-7-17-10-14(13)4-8-18(11-14)9-12-1-5-16-6-2-12;3*3-2(4,5)1(6)7/h1-2,5-6,13,17H,3-4,7-11H2;3*(H,6,7). The van der Waals surface area contributed by atoms with Gasteiger partial charge in [-0.2, -0.15) is 39.5 Å². The van der Waals surface area contributed by atoms with E-state index >= 15 is 0 Å². The number of aromatic nitrogens is 1. The normalized spacial score (nSPS) is 21.3. The molecule has 0 saturated carbocycles. The van der Waals surface area contributed by atoms with Crippen molar-refractivity contribution in [3.05, 3.63) is 30.1 Å². The van der Waals surface area contributed by atoms with Gasteiger partial charge in [-0.1, -0.05) is 0 Å². The van der Waals surface area contributed by atoms with Gasteiger partial charge >= 0.3 is 36.4 Å². The predicted molar refractivity (Wildman–Crippen MR) is 110 cm³/mol. The van der Waals surface area contributed by atoms with E-state index in [1.165, 1.54) is 5.56 Å². The van der Waals surface area contributed by atoms with Crippen molar-refractivity contribution in [1.82, 2.24) is 15.2 Å². The van der Waals surface area contributed by atoms with Crippen LogP contribution in [0.4, 0.5) is 43.9 Å². The van der Waals surface area contributed by atoms with Crippen LogP contribution in [-0.4, -0.2) is 94.0 Å². The highest BCUT2D eigenvalue weighted by Crippen LogP contribution is 2.39. The lowest BCUT2D eigenvalue weighted by Crippen LogP contribution is -2.49. The molecule has 1 spiro atoms.